The number of benzene rings is 1. The van der Waals surface area contributed by atoms with Crippen LogP contribution in [0.2, 0.25) is 0 Å². The fourth-order valence-electron chi connectivity index (χ4n) is 4.19. The normalized spacial score (nSPS) is 19.7. The van der Waals surface area contributed by atoms with Crippen molar-refractivity contribution < 1.29 is 14.4 Å². The fourth-order valence-corrected chi connectivity index (χ4v) is 4.19. The van der Waals surface area contributed by atoms with Gasteiger partial charge in [0.15, 0.2) is 0 Å². The zero-order valence-electron chi connectivity index (χ0n) is 16.6. The van der Waals surface area contributed by atoms with Crippen molar-refractivity contribution in [2.24, 2.45) is 0 Å². The van der Waals surface area contributed by atoms with Crippen LogP contribution in [0.1, 0.15) is 56.2 Å². The molecule has 1 aliphatic carbocycles. The van der Waals surface area contributed by atoms with Crippen LogP contribution in [-0.4, -0.2) is 22.4 Å². The van der Waals surface area contributed by atoms with Crippen molar-refractivity contribution >= 4 is 29.6 Å². The summed E-state index contributed by atoms with van der Waals surface area (Å²) in [5, 5.41) is 2.30. The van der Waals surface area contributed by atoms with Gasteiger partial charge in [0, 0.05) is 18.4 Å². The molecule has 29 heavy (non-hydrogen) atoms. The summed E-state index contributed by atoms with van der Waals surface area (Å²) in [6.45, 7) is 1.96. The Morgan fingerprint density at radius 1 is 1.07 bits per heavy atom. The number of aromatic nitrogens is 1. The summed E-state index contributed by atoms with van der Waals surface area (Å²) in [5.74, 6) is -1.25. The Bertz CT molecular complexity index is 983. The number of para-hydroxylation sites is 1. The van der Waals surface area contributed by atoms with Crippen molar-refractivity contribution in [3.63, 3.8) is 0 Å². The van der Waals surface area contributed by atoms with Gasteiger partial charge >= 0.3 is 6.03 Å². The average molecular weight is 391 g/mol. The Morgan fingerprint density at radius 3 is 2.59 bits per heavy atom. The van der Waals surface area contributed by atoms with E-state index in [0.717, 1.165) is 28.9 Å². The minimum absolute atomic E-state index is 0.0306. The number of hydrogen-bond donors (Lipinski definition) is 1. The maximum absolute atomic E-state index is 13.1. The molecule has 0 unspecified atom stereocenters. The van der Waals surface area contributed by atoms with Gasteiger partial charge < -0.3 is 4.57 Å². The maximum atomic E-state index is 13.1. The topological polar surface area (TPSA) is 71.4 Å². The zero-order chi connectivity index (χ0) is 20.4. The highest BCUT2D eigenvalue weighted by Crippen LogP contribution is 2.29. The Kier molecular flexibility index (Phi) is 5.34. The molecular weight excluding hydrogens is 366 g/mol. The summed E-state index contributed by atoms with van der Waals surface area (Å²) >= 11 is 0. The zero-order valence-corrected chi connectivity index (χ0v) is 16.6. The molecule has 2 aromatic rings. The van der Waals surface area contributed by atoms with E-state index in [1.54, 1.807) is 18.2 Å². The first-order valence-electron chi connectivity index (χ1n) is 10.3. The summed E-state index contributed by atoms with van der Waals surface area (Å²) in [7, 11) is 0. The van der Waals surface area contributed by atoms with Gasteiger partial charge in [0.1, 0.15) is 5.57 Å². The van der Waals surface area contributed by atoms with Crippen molar-refractivity contribution in [1.29, 1.82) is 0 Å². The second-order valence-electron chi connectivity index (χ2n) is 7.62. The number of imide groups is 2. The number of carbonyl (C=O) groups is 3. The van der Waals surface area contributed by atoms with Gasteiger partial charge in [-0.15, -0.1) is 0 Å². The highest BCUT2D eigenvalue weighted by molar-refractivity contribution is 6.39. The van der Waals surface area contributed by atoms with E-state index in [9.17, 15) is 14.4 Å². The van der Waals surface area contributed by atoms with Crippen LogP contribution in [0.15, 0.2) is 48.3 Å². The number of barbiturate groups is 1. The Hall–Kier alpha value is -3.15. The van der Waals surface area contributed by atoms with Gasteiger partial charge in [-0.05, 0) is 48.6 Å². The Labute approximate surface area is 170 Å². The lowest BCUT2D eigenvalue weighted by Crippen LogP contribution is -2.54. The van der Waals surface area contributed by atoms with Crippen molar-refractivity contribution in [2.75, 3.05) is 4.90 Å². The molecule has 4 amide bonds. The SMILES string of the molecule is CCc1ccccc1N1C(=O)NC(=O)/C(=C/c2ccn(C3CCCCC3)c2)C1=O. The summed E-state index contributed by atoms with van der Waals surface area (Å²) in [6.07, 6.45) is 12.3. The molecule has 1 N–H and O–H groups in total. The van der Waals surface area contributed by atoms with E-state index in [1.165, 1.54) is 19.3 Å². The molecule has 1 aliphatic heterocycles. The van der Waals surface area contributed by atoms with E-state index in [2.05, 4.69) is 9.88 Å². The minimum Gasteiger partial charge on any atom is -0.351 e. The van der Waals surface area contributed by atoms with Crippen LogP contribution in [0.3, 0.4) is 0 Å². The van der Waals surface area contributed by atoms with E-state index in [0.29, 0.717) is 18.2 Å². The Balaban J connectivity index is 1.64. The third-order valence-electron chi connectivity index (χ3n) is 5.76. The number of carbonyl (C=O) groups excluding carboxylic acids is 3. The van der Waals surface area contributed by atoms with Gasteiger partial charge in [0.2, 0.25) is 0 Å². The standard InChI is InChI=1S/C23H25N3O3/c1-2-17-8-6-7-11-20(17)26-22(28)19(21(27)24-23(26)29)14-16-12-13-25(15-16)18-9-4-3-5-10-18/h6-8,11-15,18H,2-5,9-10H2,1H3,(H,24,27,29)/b19-14-. The molecule has 2 fully saturated rings. The number of hydrogen-bond acceptors (Lipinski definition) is 3. The van der Waals surface area contributed by atoms with E-state index in [4.69, 9.17) is 0 Å². The third kappa shape index (κ3) is 3.75. The monoisotopic (exact) mass is 391 g/mol. The summed E-state index contributed by atoms with van der Waals surface area (Å²) in [6, 6.07) is 8.91. The largest absolute Gasteiger partial charge is 0.351 e. The lowest BCUT2D eigenvalue weighted by molar-refractivity contribution is -0.122. The first-order valence-corrected chi connectivity index (χ1v) is 10.3. The van der Waals surface area contributed by atoms with Crippen molar-refractivity contribution in [1.82, 2.24) is 9.88 Å². The van der Waals surface area contributed by atoms with Crippen LogP contribution in [0.5, 0.6) is 0 Å². The number of nitrogens with one attached hydrogen (secondary N) is 1. The van der Waals surface area contributed by atoms with Gasteiger partial charge in [-0.3, -0.25) is 14.9 Å². The molecule has 0 bridgehead atoms. The quantitative estimate of drug-likeness (QED) is 0.626. The van der Waals surface area contributed by atoms with E-state index >= 15 is 0 Å². The number of rotatable bonds is 4. The van der Waals surface area contributed by atoms with E-state index in [1.807, 2.05) is 37.5 Å². The van der Waals surface area contributed by atoms with Crippen LogP contribution in [0.25, 0.3) is 6.08 Å². The highest BCUT2D eigenvalue weighted by Gasteiger charge is 2.37. The predicted molar refractivity (Wildman–Crippen MR) is 111 cm³/mol. The van der Waals surface area contributed by atoms with Crippen molar-refractivity contribution in [3.05, 3.63) is 59.4 Å². The second kappa shape index (κ2) is 8.07. The molecular formula is C23H25N3O3. The molecule has 0 atom stereocenters. The number of nitrogens with zero attached hydrogens (tertiary/aromatic N) is 2. The maximum Gasteiger partial charge on any atom is 0.335 e. The highest BCUT2D eigenvalue weighted by atomic mass is 16.2. The van der Waals surface area contributed by atoms with Gasteiger partial charge in [0.05, 0.1) is 5.69 Å². The molecule has 6 nitrogen and oxygen atoms in total. The number of amides is 4. The average Bonchev–Trinajstić information content (AvgIpc) is 3.21. The molecule has 1 aromatic heterocycles. The summed E-state index contributed by atoms with van der Waals surface area (Å²) in [4.78, 5) is 39.0. The number of urea groups is 1. The summed E-state index contributed by atoms with van der Waals surface area (Å²) in [5.41, 5.74) is 2.13. The Morgan fingerprint density at radius 2 is 1.83 bits per heavy atom. The van der Waals surface area contributed by atoms with Gasteiger partial charge in [-0.2, -0.15) is 0 Å². The second-order valence-corrected chi connectivity index (χ2v) is 7.62. The molecule has 2 heterocycles. The molecule has 2 aliphatic rings. The predicted octanol–water partition coefficient (Wildman–Crippen LogP) is 4.22. The minimum atomic E-state index is -0.710. The van der Waals surface area contributed by atoms with Gasteiger partial charge in [-0.1, -0.05) is 44.4 Å². The lowest BCUT2D eigenvalue weighted by atomic mass is 9.95. The van der Waals surface area contributed by atoms with Crippen molar-refractivity contribution in [3.8, 4) is 0 Å². The summed E-state index contributed by atoms with van der Waals surface area (Å²) < 4.78 is 2.17. The van der Waals surface area contributed by atoms with Crippen LogP contribution < -0.4 is 10.2 Å². The molecule has 4 rings (SSSR count). The molecule has 6 heteroatoms. The molecule has 150 valence electrons. The van der Waals surface area contributed by atoms with E-state index in [-0.39, 0.29) is 5.57 Å². The first kappa shape index (κ1) is 19.2. The molecule has 0 spiro atoms. The van der Waals surface area contributed by atoms with Gasteiger partial charge in [-0.25, -0.2) is 9.69 Å². The first-order chi connectivity index (χ1) is 14.1. The van der Waals surface area contributed by atoms with Crippen LogP contribution in [0, 0.1) is 0 Å². The molecule has 1 saturated carbocycles. The lowest BCUT2D eigenvalue weighted by Gasteiger charge is -2.27. The molecule has 0 radical (unpaired) electrons. The van der Waals surface area contributed by atoms with Crippen LogP contribution in [0.4, 0.5) is 10.5 Å². The third-order valence-corrected chi connectivity index (χ3v) is 5.76. The van der Waals surface area contributed by atoms with Crippen LogP contribution in [-0.2, 0) is 16.0 Å². The fraction of sp³-hybridized carbons (Fsp3) is 0.348. The number of aryl methyl sites for hydroxylation is 1. The molecule has 1 saturated heterocycles. The smallest absolute Gasteiger partial charge is 0.335 e. The molecule has 1 aromatic carbocycles. The van der Waals surface area contributed by atoms with Crippen LogP contribution >= 0.6 is 0 Å². The van der Waals surface area contributed by atoms with E-state index < -0.39 is 17.8 Å². The van der Waals surface area contributed by atoms with Gasteiger partial charge in [0.25, 0.3) is 11.8 Å². The number of anilines is 1. The van der Waals surface area contributed by atoms with Crippen molar-refractivity contribution in [2.45, 2.75) is 51.5 Å².